The first kappa shape index (κ1) is 23.4. The van der Waals surface area contributed by atoms with Gasteiger partial charge in [0, 0.05) is 51.1 Å². The van der Waals surface area contributed by atoms with Crippen LogP contribution in [0.4, 0.5) is 0 Å². The van der Waals surface area contributed by atoms with Crippen LogP contribution in [0.3, 0.4) is 0 Å². The van der Waals surface area contributed by atoms with E-state index in [1.54, 1.807) is 0 Å². The smallest absolute Gasteiger partial charge is 0.251 e. The first-order valence-electron chi connectivity index (χ1n) is 12.4. The first-order chi connectivity index (χ1) is 17.0. The minimum Gasteiger partial charge on any atom is -0.454 e. The molecule has 3 aromatic rings. The molecule has 2 aliphatic heterocycles. The molecule has 0 saturated heterocycles. The molecule has 0 bridgehead atoms. The molecule has 2 aromatic carbocycles. The SMILES string of the molecule is Cc1ccc(C(=O)NCCc2nnc3n2CCN(CC(C)Cc2ccc4c(c2)OCO4)CC3)cc1. The Morgan fingerprint density at radius 1 is 1.06 bits per heavy atom. The van der Waals surface area contributed by atoms with Crippen LogP contribution in [-0.2, 0) is 25.8 Å². The molecule has 0 spiro atoms. The summed E-state index contributed by atoms with van der Waals surface area (Å²) in [6.07, 6.45) is 2.57. The zero-order valence-corrected chi connectivity index (χ0v) is 20.5. The summed E-state index contributed by atoms with van der Waals surface area (Å²) in [6.45, 7) is 9.04. The van der Waals surface area contributed by atoms with Crippen LogP contribution in [0.15, 0.2) is 42.5 Å². The van der Waals surface area contributed by atoms with Crippen molar-refractivity contribution in [2.45, 2.75) is 39.7 Å². The highest BCUT2D eigenvalue weighted by Crippen LogP contribution is 2.33. The van der Waals surface area contributed by atoms with E-state index in [0.29, 0.717) is 31.2 Å². The lowest BCUT2D eigenvalue weighted by Gasteiger charge is -2.24. The quantitative estimate of drug-likeness (QED) is 0.539. The van der Waals surface area contributed by atoms with Crippen molar-refractivity contribution < 1.29 is 14.3 Å². The number of nitrogens with zero attached hydrogens (tertiary/aromatic N) is 4. The van der Waals surface area contributed by atoms with E-state index >= 15 is 0 Å². The average Bonchev–Trinajstić information content (AvgIpc) is 3.42. The summed E-state index contributed by atoms with van der Waals surface area (Å²) in [6, 6.07) is 13.9. The van der Waals surface area contributed by atoms with Gasteiger partial charge in [-0.15, -0.1) is 10.2 Å². The van der Waals surface area contributed by atoms with Crippen LogP contribution in [0.2, 0.25) is 0 Å². The maximum absolute atomic E-state index is 12.4. The highest BCUT2D eigenvalue weighted by molar-refractivity contribution is 5.94. The number of rotatable bonds is 8. The minimum absolute atomic E-state index is 0.0526. The van der Waals surface area contributed by atoms with Gasteiger partial charge in [-0.25, -0.2) is 0 Å². The molecule has 1 unspecified atom stereocenters. The van der Waals surface area contributed by atoms with Crippen LogP contribution < -0.4 is 14.8 Å². The van der Waals surface area contributed by atoms with E-state index in [2.05, 4.69) is 44.0 Å². The summed E-state index contributed by atoms with van der Waals surface area (Å²) < 4.78 is 13.2. The van der Waals surface area contributed by atoms with E-state index in [-0.39, 0.29) is 5.91 Å². The normalized spacial score (nSPS) is 15.9. The molecule has 0 fully saturated rings. The Morgan fingerprint density at radius 3 is 2.74 bits per heavy atom. The van der Waals surface area contributed by atoms with Gasteiger partial charge in [0.05, 0.1) is 0 Å². The van der Waals surface area contributed by atoms with Crippen LogP contribution in [-0.4, -0.2) is 58.5 Å². The second-order valence-electron chi connectivity index (χ2n) is 9.60. The number of hydrogen-bond acceptors (Lipinski definition) is 6. The van der Waals surface area contributed by atoms with E-state index in [0.717, 1.165) is 67.7 Å². The number of hydrogen-bond donors (Lipinski definition) is 1. The fourth-order valence-electron chi connectivity index (χ4n) is 4.86. The lowest BCUT2D eigenvalue weighted by atomic mass is 10.00. The van der Waals surface area contributed by atoms with Crippen molar-refractivity contribution in [1.82, 2.24) is 25.0 Å². The van der Waals surface area contributed by atoms with Gasteiger partial charge < -0.3 is 24.3 Å². The molecule has 1 aromatic heterocycles. The number of aromatic nitrogens is 3. The lowest BCUT2D eigenvalue weighted by molar-refractivity contribution is 0.0954. The molecule has 35 heavy (non-hydrogen) atoms. The van der Waals surface area contributed by atoms with E-state index in [9.17, 15) is 4.79 Å². The topological polar surface area (TPSA) is 81.5 Å². The van der Waals surface area contributed by atoms with Gasteiger partial charge in [0.1, 0.15) is 11.6 Å². The molecule has 8 heteroatoms. The molecule has 5 rings (SSSR count). The van der Waals surface area contributed by atoms with Crippen molar-refractivity contribution in [3.8, 4) is 11.5 Å². The number of nitrogens with one attached hydrogen (secondary N) is 1. The van der Waals surface area contributed by atoms with Gasteiger partial charge in [-0.05, 0) is 49.1 Å². The van der Waals surface area contributed by atoms with Crippen molar-refractivity contribution in [2.24, 2.45) is 5.92 Å². The van der Waals surface area contributed by atoms with Gasteiger partial charge >= 0.3 is 0 Å². The van der Waals surface area contributed by atoms with Crippen LogP contribution in [0, 0.1) is 12.8 Å². The predicted octanol–water partition coefficient (Wildman–Crippen LogP) is 3.02. The van der Waals surface area contributed by atoms with Crippen LogP contribution in [0.25, 0.3) is 0 Å². The molecule has 1 atom stereocenters. The largest absolute Gasteiger partial charge is 0.454 e. The van der Waals surface area contributed by atoms with Crippen LogP contribution in [0.5, 0.6) is 11.5 Å². The van der Waals surface area contributed by atoms with E-state index in [4.69, 9.17) is 9.47 Å². The summed E-state index contributed by atoms with van der Waals surface area (Å²) in [7, 11) is 0. The Labute approximate surface area is 206 Å². The number of carbonyl (C=O) groups excluding carboxylic acids is 1. The van der Waals surface area contributed by atoms with Crippen LogP contribution >= 0.6 is 0 Å². The Hall–Kier alpha value is -3.39. The van der Waals surface area contributed by atoms with E-state index in [1.165, 1.54) is 5.56 Å². The molecular weight excluding hydrogens is 442 g/mol. The van der Waals surface area contributed by atoms with Crippen molar-refractivity contribution in [3.05, 3.63) is 70.8 Å². The minimum atomic E-state index is -0.0526. The number of carbonyl (C=O) groups is 1. The number of aryl methyl sites for hydroxylation is 1. The third-order valence-electron chi connectivity index (χ3n) is 6.73. The summed E-state index contributed by atoms with van der Waals surface area (Å²) in [4.78, 5) is 14.9. The Morgan fingerprint density at radius 2 is 1.89 bits per heavy atom. The summed E-state index contributed by atoms with van der Waals surface area (Å²) in [5.41, 5.74) is 3.11. The molecule has 1 N–H and O–H groups in total. The molecule has 0 radical (unpaired) electrons. The molecule has 1 amide bonds. The third-order valence-corrected chi connectivity index (χ3v) is 6.73. The van der Waals surface area contributed by atoms with Gasteiger partial charge in [0.15, 0.2) is 11.5 Å². The number of fused-ring (bicyclic) bond motifs is 2. The average molecular weight is 476 g/mol. The number of amides is 1. The number of benzene rings is 2. The zero-order valence-electron chi connectivity index (χ0n) is 20.5. The fraction of sp³-hybridized carbons (Fsp3) is 0.444. The highest BCUT2D eigenvalue weighted by Gasteiger charge is 2.21. The molecule has 3 heterocycles. The second-order valence-corrected chi connectivity index (χ2v) is 9.60. The Balaban J connectivity index is 1.10. The molecular formula is C27H33N5O3. The Bertz CT molecular complexity index is 1170. The molecule has 0 saturated carbocycles. The van der Waals surface area contributed by atoms with Gasteiger partial charge in [-0.3, -0.25) is 4.79 Å². The maximum Gasteiger partial charge on any atom is 0.251 e. The van der Waals surface area contributed by atoms with Crippen LogP contribution in [0.1, 0.15) is 40.1 Å². The van der Waals surface area contributed by atoms with Gasteiger partial charge in [-0.2, -0.15) is 0 Å². The van der Waals surface area contributed by atoms with Crippen molar-refractivity contribution in [1.29, 1.82) is 0 Å². The highest BCUT2D eigenvalue weighted by atomic mass is 16.7. The second kappa shape index (κ2) is 10.5. The third kappa shape index (κ3) is 5.65. The molecule has 2 aliphatic rings. The Kier molecular flexibility index (Phi) is 6.99. The zero-order chi connectivity index (χ0) is 24.2. The molecule has 8 nitrogen and oxygen atoms in total. The van der Waals surface area contributed by atoms with Crippen molar-refractivity contribution >= 4 is 5.91 Å². The predicted molar refractivity (Wildman–Crippen MR) is 133 cm³/mol. The van der Waals surface area contributed by atoms with Gasteiger partial charge in [0.2, 0.25) is 6.79 Å². The van der Waals surface area contributed by atoms with Crippen molar-refractivity contribution in [3.63, 3.8) is 0 Å². The van der Waals surface area contributed by atoms with E-state index < -0.39 is 0 Å². The first-order valence-corrected chi connectivity index (χ1v) is 12.4. The van der Waals surface area contributed by atoms with Crippen molar-refractivity contribution in [2.75, 3.05) is 33.0 Å². The maximum atomic E-state index is 12.4. The summed E-state index contributed by atoms with van der Waals surface area (Å²) in [5, 5.41) is 11.9. The van der Waals surface area contributed by atoms with E-state index in [1.807, 2.05) is 37.3 Å². The van der Waals surface area contributed by atoms with Gasteiger partial charge in [-0.1, -0.05) is 30.7 Å². The fourth-order valence-corrected chi connectivity index (χ4v) is 4.86. The number of ether oxygens (including phenoxy) is 2. The standard InChI is InChI=1S/C27H33N5O3/c1-19-3-6-22(7-4-19)27(33)28-11-9-25-29-30-26-10-12-31(13-14-32(25)26)17-20(2)15-21-5-8-23-24(16-21)35-18-34-23/h3-8,16,20H,9-15,17-18H2,1-2H3,(H,28,33). The molecule has 0 aliphatic carbocycles. The summed E-state index contributed by atoms with van der Waals surface area (Å²) in [5.74, 6) is 4.14. The summed E-state index contributed by atoms with van der Waals surface area (Å²) >= 11 is 0. The molecule has 184 valence electrons. The lowest BCUT2D eigenvalue weighted by Crippen LogP contribution is -2.32. The monoisotopic (exact) mass is 475 g/mol. The van der Waals surface area contributed by atoms with Gasteiger partial charge in [0.25, 0.3) is 5.91 Å².